The van der Waals surface area contributed by atoms with Crippen LogP contribution in [0.2, 0.25) is 0 Å². The lowest BCUT2D eigenvalue weighted by atomic mass is 9.99. The van der Waals surface area contributed by atoms with E-state index in [0.717, 1.165) is 12.2 Å². The smallest absolute Gasteiger partial charge is 0.257 e. The number of hydrogen-bond acceptors (Lipinski definition) is 5. The van der Waals surface area contributed by atoms with E-state index in [1.165, 1.54) is 12.8 Å². The minimum Gasteiger partial charge on any atom is -0.337 e. The SMILES string of the molecule is N[C@@H]1CN(C(=O)c2cnc(Nc3ccccc3)nc2)C[C@H]1C1CC1. The van der Waals surface area contributed by atoms with E-state index < -0.39 is 0 Å². The average molecular weight is 323 g/mol. The summed E-state index contributed by atoms with van der Waals surface area (Å²) in [7, 11) is 0. The van der Waals surface area contributed by atoms with Gasteiger partial charge in [-0.3, -0.25) is 4.79 Å². The first-order valence-electron chi connectivity index (χ1n) is 8.39. The molecule has 1 amide bonds. The molecule has 124 valence electrons. The Morgan fingerprint density at radius 2 is 1.83 bits per heavy atom. The summed E-state index contributed by atoms with van der Waals surface area (Å²) in [4.78, 5) is 23.0. The van der Waals surface area contributed by atoms with Gasteiger partial charge in [-0.15, -0.1) is 0 Å². The summed E-state index contributed by atoms with van der Waals surface area (Å²) in [5, 5.41) is 3.11. The van der Waals surface area contributed by atoms with Crippen LogP contribution in [0.5, 0.6) is 0 Å². The summed E-state index contributed by atoms with van der Waals surface area (Å²) in [5.74, 6) is 1.62. The largest absolute Gasteiger partial charge is 0.337 e. The maximum absolute atomic E-state index is 12.6. The van der Waals surface area contributed by atoms with Gasteiger partial charge < -0.3 is 16.0 Å². The predicted molar refractivity (Wildman–Crippen MR) is 91.8 cm³/mol. The number of hydrogen-bond donors (Lipinski definition) is 2. The molecule has 0 bridgehead atoms. The highest BCUT2D eigenvalue weighted by atomic mass is 16.2. The molecule has 1 saturated heterocycles. The van der Waals surface area contributed by atoms with Gasteiger partial charge >= 0.3 is 0 Å². The molecule has 4 rings (SSSR count). The molecule has 1 saturated carbocycles. The van der Waals surface area contributed by atoms with Crippen LogP contribution in [-0.2, 0) is 0 Å². The van der Waals surface area contributed by atoms with Gasteiger partial charge in [0, 0.05) is 37.2 Å². The maximum atomic E-state index is 12.6. The van der Waals surface area contributed by atoms with Crippen molar-refractivity contribution >= 4 is 17.5 Å². The van der Waals surface area contributed by atoms with Gasteiger partial charge in [-0.05, 0) is 36.8 Å². The highest BCUT2D eigenvalue weighted by Crippen LogP contribution is 2.41. The number of likely N-dealkylation sites (tertiary alicyclic amines) is 1. The molecule has 0 unspecified atom stereocenters. The van der Waals surface area contributed by atoms with E-state index in [1.54, 1.807) is 12.4 Å². The van der Waals surface area contributed by atoms with Crippen LogP contribution in [0, 0.1) is 11.8 Å². The first-order valence-corrected chi connectivity index (χ1v) is 8.39. The van der Waals surface area contributed by atoms with Gasteiger partial charge in [-0.25, -0.2) is 9.97 Å². The van der Waals surface area contributed by atoms with E-state index in [9.17, 15) is 4.79 Å². The van der Waals surface area contributed by atoms with Crippen molar-refractivity contribution < 1.29 is 4.79 Å². The fourth-order valence-electron chi connectivity index (χ4n) is 3.38. The van der Waals surface area contributed by atoms with Crippen molar-refractivity contribution in [3.63, 3.8) is 0 Å². The Bertz CT molecular complexity index is 714. The molecule has 3 N–H and O–H groups in total. The van der Waals surface area contributed by atoms with Crippen molar-refractivity contribution in [2.24, 2.45) is 17.6 Å². The van der Waals surface area contributed by atoms with E-state index in [-0.39, 0.29) is 11.9 Å². The first kappa shape index (κ1) is 15.1. The van der Waals surface area contributed by atoms with Crippen molar-refractivity contribution in [1.82, 2.24) is 14.9 Å². The summed E-state index contributed by atoms with van der Waals surface area (Å²) in [6, 6.07) is 9.79. The van der Waals surface area contributed by atoms with E-state index >= 15 is 0 Å². The number of carbonyl (C=O) groups excluding carboxylic acids is 1. The molecule has 2 fully saturated rings. The molecule has 2 aliphatic rings. The Balaban J connectivity index is 1.42. The van der Waals surface area contributed by atoms with E-state index in [4.69, 9.17) is 5.73 Å². The van der Waals surface area contributed by atoms with Crippen molar-refractivity contribution in [2.45, 2.75) is 18.9 Å². The lowest BCUT2D eigenvalue weighted by Gasteiger charge is -2.16. The molecule has 1 aliphatic heterocycles. The van der Waals surface area contributed by atoms with Gasteiger partial charge in [-0.2, -0.15) is 0 Å². The number of anilines is 2. The minimum atomic E-state index is -0.0279. The van der Waals surface area contributed by atoms with Crippen LogP contribution in [0.1, 0.15) is 23.2 Å². The molecular formula is C18H21N5O. The third-order valence-corrected chi connectivity index (χ3v) is 4.86. The normalized spacial score (nSPS) is 23.3. The summed E-state index contributed by atoms with van der Waals surface area (Å²) in [6.07, 6.45) is 5.67. The number of carbonyl (C=O) groups is 1. The zero-order valence-electron chi connectivity index (χ0n) is 13.4. The molecule has 2 heterocycles. The highest BCUT2D eigenvalue weighted by molar-refractivity contribution is 5.94. The van der Waals surface area contributed by atoms with Gasteiger partial charge in [0.05, 0.1) is 5.56 Å². The molecule has 6 heteroatoms. The Morgan fingerprint density at radius 1 is 1.12 bits per heavy atom. The first-order chi connectivity index (χ1) is 11.7. The van der Waals surface area contributed by atoms with Crippen molar-refractivity contribution in [3.05, 3.63) is 48.3 Å². The van der Waals surface area contributed by atoms with Crippen LogP contribution in [0.3, 0.4) is 0 Å². The monoisotopic (exact) mass is 323 g/mol. The predicted octanol–water partition coefficient (Wildman–Crippen LogP) is 2.03. The Hall–Kier alpha value is -2.47. The zero-order chi connectivity index (χ0) is 16.5. The lowest BCUT2D eigenvalue weighted by Crippen LogP contribution is -2.32. The fourth-order valence-corrected chi connectivity index (χ4v) is 3.38. The number of benzene rings is 1. The molecule has 0 spiro atoms. The standard InChI is InChI=1S/C18H21N5O/c19-16-11-23(10-15(16)12-6-7-12)17(24)13-8-20-18(21-9-13)22-14-4-2-1-3-5-14/h1-5,8-9,12,15-16H,6-7,10-11,19H2,(H,20,21,22)/t15-,16+/m0/s1. The van der Waals surface area contributed by atoms with Crippen LogP contribution in [-0.4, -0.2) is 39.9 Å². The topological polar surface area (TPSA) is 84.1 Å². The number of amides is 1. The van der Waals surface area contributed by atoms with Gasteiger partial charge in [0.1, 0.15) is 0 Å². The van der Waals surface area contributed by atoms with Crippen LogP contribution < -0.4 is 11.1 Å². The number of aromatic nitrogens is 2. The molecular weight excluding hydrogens is 302 g/mol. The van der Waals surface area contributed by atoms with Gasteiger partial charge in [-0.1, -0.05) is 18.2 Å². The quantitative estimate of drug-likeness (QED) is 0.899. The van der Waals surface area contributed by atoms with Crippen LogP contribution in [0.4, 0.5) is 11.6 Å². The van der Waals surface area contributed by atoms with E-state index in [0.29, 0.717) is 29.9 Å². The Kier molecular flexibility index (Phi) is 3.90. The summed E-state index contributed by atoms with van der Waals surface area (Å²) in [5.41, 5.74) is 7.62. The number of nitrogens with two attached hydrogens (primary N) is 1. The van der Waals surface area contributed by atoms with Crippen molar-refractivity contribution in [1.29, 1.82) is 0 Å². The molecule has 0 radical (unpaired) electrons. The third kappa shape index (κ3) is 3.10. The summed E-state index contributed by atoms with van der Waals surface area (Å²) >= 11 is 0. The van der Waals surface area contributed by atoms with Crippen molar-refractivity contribution in [2.75, 3.05) is 18.4 Å². The summed E-state index contributed by atoms with van der Waals surface area (Å²) in [6.45, 7) is 1.39. The second-order valence-electron chi connectivity index (χ2n) is 6.66. The van der Waals surface area contributed by atoms with E-state index in [1.807, 2.05) is 35.2 Å². The molecule has 1 aliphatic carbocycles. The number of nitrogens with zero attached hydrogens (tertiary/aromatic N) is 3. The second kappa shape index (κ2) is 6.20. The third-order valence-electron chi connectivity index (χ3n) is 4.86. The van der Waals surface area contributed by atoms with Crippen LogP contribution in [0.15, 0.2) is 42.7 Å². The number of rotatable bonds is 4. The maximum Gasteiger partial charge on any atom is 0.257 e. The van der Waals surface area contributed by atoms with Gasteiger partial charge in [0.25, 0.3) is 5.91 Å². The Labute approximate surface area is 141 Å². The summed E-state index contributed by atoms with van der Waals surface area (Å²) < 4.78 is 0. The Morgan fingerprint density at radius 3 is 2.50 bits per heavy atom. The van der Waals surface area contributed by atoms with Crippen molar-refractivity contribution in [3.8, 4) is 0 Å². The number of nitrogens with one attached hydrogen (secondary N) is 1. The lowest BCUT2D eigenvalue weighted by molar-refractivity contribution is 0.0784. The molecule has 1 aromatic carbocycles. The molecule has 2 atom stereocenters. The number of para-hydroxylation sites is 1. The van der Waals surface area contributed by atoms with Crippen LogP contribution >= 0.6 is 0 Å². The average Bonchev–Trinajstić information content (AvgIpc) is 3.38. The molecule has 24 heavy (non-hydrogen) atoms. The van der Waals surface area contributed by atoms with Crippen LogP contribution in [0.25, 0.3) is 0 Å². The fraction of sp³-hybridized carbons (Fsp3) is 0.389. The molecule has 2 aromatic rings. The molecule has 6 nitrogen and oxygen atoms in total. The highest BCUT2D eigenvalue weighted by Gasteiger charge is 2.42. The van der Waals surface area contributed by atoms with Gasteiger partial charge in [0.15, 0.2) is 0 Å². The second-order valence-corrected chi connectivity index (χ2v) is 6.66. The minimum absolute atomic E-state index is 0.0279. The zero-order valence-corrected chi connectivity index (χ0v) is 13.4. The van der Waals surface area contributed by atoms with E-state index in [2.05, 4.69) is 15.3 Å². The van der Waals surface area contributed by atoms with Gasteiger partial charge in [0.2, 0.25) is 5.95 Å². The molecule has 1 aromatic heterocycles.